The van der Waals surface area contributed by atoms with Gasteiger partial charge >= 0.3 is 0 Å². The Morgan fingerprint density at radius 1 is 1.21 bits per heavy atom. The summed E-state index contributed by atoms with van der Waals surface area (Å²) >= 11 is 1.36. The van der Waals surface area contributed by atoms with Gasteiger partial charge in [-0.1, -0.05) is 48.2 Å². The van der Waals surface area contributed by atoms with Crippen molar-refractivity contribution < 1.29 is 4.79 Å². The van der Waals surface area contributed by atoms with E-state index < -0.39 is 0 Å². The van der Waals surface area contributed by atoms with Crippen molar-refractivity contribution in [3.63, 3.8) is 0 Å². The maximum Gasteiger partial charge on any atom is 0.230 e. The van der Waals surface area contributed by atoms with E-state index in [4.69, 9.17) is 0 Å². The quantitative estimate of drug-likeness (QED) is 0.671. The second-order valence-corrected chi connectivity index (χ2v) is 8.03. The largest absolute Gasteiger partial charge is 0.349 e. The van der Waals surface area contributed by atoms with Gasteiger partial charge in [0.1, 0.15) is 0 Å². The Labute approximate surface area is 168 Å². The minimum atomic E-state index is 0.00205. The number of aromatic nitrogens is 4. The molecule has 144 valence electrons. The van der Waals surface area contributed by atoms with Crippen LogP contribution in [0.1, 0.15) is 41.1 Å². The van der Waals surface area contributed by atoms with Gasteiger partial charge in [0.25, 0.3) is 0 Å². The van der Waals surface area contributed by atoms with Gasteiger partial charge in [-0.05, 0) is 71.9 Å². The summed E-state index contributed by atoms with van der Waals surface area (Å²) < 4.78 is 1.70. The van der Waals surface area contributed by atoms with Crippen molar-refractivity contribution in [3.8, 4) is 5.69 Å². The molecule has 28 heavy (non-hydrogen) atoms. The minimum Gasteiger partial charge on any atom is -0.349 e. The molecule has 1 aliphatic carbocycles. The molecule has 0 bridgehead atoms. The maximum atomic E-state index is 12.6. The van der Waals surface area contributed by atoms with E-state index in [1.807, 2.05) is 25.1 Å². The first-order chi connectivity index (χ1) is 13.6. The monoisotopic (exact) mass is 393 g/mol. The van der Waals surface area contributed by atoms with Crippen LogP contribution in [0.2, 0.25) is 0 Å². The second kappa shape index (κ2) is 8.14. The summed E-state index contributed by atoms with van der Waals surface area (Å²) in [6, 6.07) is 14.5. The minimum absolute atomic E-state index is 0.00205. The molecule has 1 aliphatic rings. The summed E-state index contributed by atoms with van der Waals surface area (Å²) in [4.78, 5) is 12.6. The van der Waals surface area contributed by atoms with E-state index in [-0.39, 0.29) is 17.7 Å². The van der Waals surface area contributed by atoms with Crippen molar-refractivity contribution in [2.24, 2.45) is 0 Å². The van der Waals surface area contributed by atoms with Gasteiger partial charge in [0, 0.05) is 0 Å². The zero-order valence-corrected chi connectivity index (χ0v) is 16.9. The lowest BCUT2D eigenvalue weighted by atomic mass is 9.88. The van der Waals surface area contributed by atoms with Crippen LogP contribution in [0.5, 0.6) is 0 Å². The van der Waals surface area contributed by atoms with Crippen LogP contribution in [0.3, 0.4) is 0 Å². The number of rotatable bonds is 5. The number of hydrogen-bond acceptors (Lipinski definition) is 5. The molecule has 3 aromatic rings. The third-order valence-electron chi connectivity index (χ3n) is 5.28. The molecular formula is C21H23N5OS. The summed E-state index contributed by atoms with van der Waals surface area (Å²) in [6.07, 6.45) is 3.16. The first kappa shape index (κ1) is 18.7. The molecule has 0 aliphatic heterocycles. The lowest BCUT2D eigenvalue weighted by molar-refractivity contribution is -0.119. The van der Waals surface area contributed by atoms with Gasteiger partial charge in [-0.25, -0.2) is 0 Å². The van der Waals surface area contributed by atoms with Crippen LogP contribution in [0, 0.1) is 13.8 Å². The average molecular weight is 394 g/mol. The van der Waals surface area contributed by atoms with Crippen molar-refractivity contribution in [2.45, 2.75) is 44.3 Å². The highest BCUT2D eigenvalue weighted by molar-refractivity contribution is 7.99. The number of amides is 1. The maximum absolute atomic E-state index is 12.6. The van der Waals surface area contributed by atoms with E-state index in [9.17, 15) is 4.79 Å². The van der Waals surface area contributed by atoms with Gasteiger partial charge in [-0.3, -0.25) is 4.79 Å². The van der Waals surface area contributed by atoms with Gasteiger partial charge in [0.05, 0.1) is 17.5 Å². The number of carbonyl (C=O) groups is 1. The predicted molar refractivity (Wildman–Crippen MR) is 110 cm³/mol. The third kappa shape index (κ3) is 3.80. The number of tetrazole rings is 1. The Bertz CT molecular complexity index is 1000. The van der Waals surface area contributed by atoms with E-state index in [0.29, 0.717) is 5.16 Å². The molecule has 0 spiro atoms. The highest BCUT2D eigenvalue weighted by Crippen LogP contribution is 2.29. The summed E-state index contributed by atoms with van der Waals surface area (Å²) in [6.45, 7) is 4.11. The predicted octanol–water partition coefficient (Wildman–Crippen LogP) is 3.57. The van der Waals surface area contributed by atoms with E-state index in [0.717, 1.165) is 30.5 Å². The molecular weight excluding hydrogens is 370 g/mol. The van der Waals surface area contributed by atoms with Crippen molar-refractivity contribution in [2.75, 3.05) is 5.75 Å². The highest BCUT2D eigenvalue weighted by atomic mass is 32.2. The van der Waals surface area contributed by atoms with Gasteiger partial charge < -0.3 is 5.32 Å². The van der Waals surface area contributed by atoms with Crippen LogP contribution in [0.15, 0.2) is 47.6 Å². The second-order valence-electron chi connectivity index (χ2n) is 7.09. The number of carbonyl (C=O) groups excluding carboxylic acids is 1. The van der Waals surface area contributed by atoms with Gasteiger partial charge in [-0.15, -0.1) is 5.10 Å². The van der Waals surface area contributed by atoms with Crippen molar-refractivity contribution >= 4 is 17.7 Å². The van der Waals surface area contributed by atoms with Crippen molar-refractivity contribution in [1.82, 2.24) is 25.5 Å². The molecule has 1 heterocycles. The summed E-state index contributed by atoms with van der Waals surface area (Å²) in [7, 11) is 0. The molecule has 0 radical (unpaired) electrons. The molecule has 1 amide bonds. The van der Waals surface area contributed by atoms with Crippen molar-refractivity contribution in [1.29, 1.82) is 0 Å². The molecule has 1 unspecified atom stereocenters. The van der Waals surface area contributed by atoms with Crippen LogP contribution in [0.4, 0.5) is 0 Å². The number of hydrogen-bond donors (Lipinski definition) is 1. The molecule has 0 saturated carbocycles. The Kier molecular flexibility index (Phi) is 5.43. The van der Waals surface area contributed by atoms with E-state index in [2.05, 4.69) is 52.0 Å². The van der Waals surface area contributed by atoms with Crippen LogP contribution in [0.25, 0.3) is 5.69 Å². The first-order valence-electron chi connectivity index (χ1n) is 9.48. The van der Waals surface area contributed by atoms with Crippen LogP contribution < -0.4 is 5.32 Å². The lowest BCUT2D eigenvalue weighted by Crippen LogP contribution is -2.32. The van der Waals surface area contributed by atoms with E-state index in [1.54, 1.807) is 4.68 Å². The fourth-order valence-corrected chi connectivity index (χ4v) is 4.35. The first-order valence-corrected chi connectivity index (χ1v) is 10.5. The van der Waals surface area contributed by atoms with Gasteiger partial charge in [-0.2, -0.15) is 4.68 Å². The molecule has 2 aromatic carbocycles. The number of nitrogens with zero attached hydrogens (tertiary/aromatic N) is 4. The Balaban J connectivity index is 1.43. The van der Waals surface area contributed by atoms with Crippen LogP contribution in [-0.4, -0.2) is 31.9 Å². The molecule has 1 N–H and O–H groups in total. The molecule has 0 fully saturated rings. The Morgan fingerprint density at radius 2 is 2.07 bits per heavy atom. The van der Waals surface area contributed by atoms with E-state index >= 15 is 0 Å². The van der Waals surface area contributed by atoms with Crippen LogP contribution >= 0.6 is 11.8 Å². The molecule has 7 heteroatoms. The van der Waals surface area contributed by atoms with Crippen molar-refractivity contribution in [3.05, 3.63) is 64.7 Å². The van der Waals surface area contributed by atoms with E-state index in [1.165, 1.54) is 28.5 Å². The fourth-order valence-electron chi connectivity index (χ4n) is 3.66. The number of thioether (sulfide) groups is 1. The average Bonchev–Trinajstić information content (AvgIpc) is 3.17. The number of aryl methyl sites for hydroxylation is 2. The zero-order valence-electron chi connectivity index (χ0n) is 16.1. The SMILES string of the molecule is Cc1cccc(-n2nnnc2SCC(=O)NC2CCCc3ccccc32)c1C. The third-order valence-corrected chi connectivity index (χ3v) is 6.20. The van der Waals surface area contributed by atoms with Gasteiger partial charge in [0.15, 0.2) is 0 Å². The molecule has 4 rings (SSSR count). The van der Waals surface area contributed by atoms with Crippen LogP contribution in [-0.2, 0) is 11.2 Å². The smallest absolute Gasteiger partial charge is 0.230 e. The normalized spacial score (nSPS) is 15.9. The molecule has 1 atom stereocenters. The topological polar surface area (TPSA) is 72.7 Å². The number of nitrogens with one attached hydrogen (secondary N) is 1. The summed E-state index contributed by atoms with van der Waals surface area (Å²) in [5.41, 5.74) is 5.82. The molecule has 6 nitrogen and oxygen atoms in total. The number of fused-ring (bicyclic) bond motifs is 1. The highest BCUT2D eigenvalue weighted by Gasteiger charge is 2.22. The number of benzene rings is 2. The summed E-state index contributed by atoms with van der Waals surface area (Å²) in [5, 5.41) is 15.8. The molecule has 0 saturated heterocycles. The zero-order chi connectivity index (χ0) is 19.5. The Hall–Kier alpha value is -2.67. The fraction of sp³-hybridized carbons (Fsp3) is 0.333. The standard InChI is InChI=1S/C21H23N5OS/c1-14-7-5-12-19(15(14)2)26-21(23-24-25-26)28-13-20(27)22-18-11-6-9-16-8-3-4-10-17(16)18/h3-5,7-8,10,12,18H,6,9,11,13H2,1-2H3,(H,22,27). The van der Waals surface area contributed by atoms with Gasteiger partial charge in [0.2, 0.25) is 11.1 Å². The summed E-state index contributed by atoms with van der Waals surface area (Å²) in [5.74, 6) is 0.284. The molecule has 1 aromatic heterocycles. The Morgan fingerprint density at radius 3 is 2.96 bits per heavy atom. The lowest BCUT2D eigenvalue weighted by Gasteiger charge is -2.26.